The fourth-order valence-corrected chi connectivity index (χ4v) is 5.34. The summed E-state index contributed by atoms with van der Waals surface area (Å²) in [6.07, 6.45) is 1.59. The molecule has 3 aromatic carbocycles. The van der Waals surface area contributed by atoms with Crippen molar-refractivity contribution in [1.29, 1.82) is 0 Å². The molecule has 8 nitrogen and oxygen atoms in total. The molecule has 3 aromatic rings. The van der Waals surface area contributed by atoms with Crippen molar-refractivity contribution < 1.29 is 28.6 Å². The molecule has 3 amide bonds. The summed E-state index contributed by atoms with van der Waals surface area (Å²) in [5.41, 5.74) is 2.05. The van der Waals surface area contributed by atoms with Gasteiger partial charge in [-0.1, -0.05) is 29.3 Å². The number of aryl methyl sites for hydroxylation is 1. The Morgan fingerprint density at radius 3 is 2.52 bits per heavy atom. The van der Waals surface area contributed by atoms with E-state index in [-0.39, 0.29) is 35.8 Å². The van der Waals surface area contributed by atoms with Crippen molar-refractivity contribution in [3.63, 3.8) is 0 Å². The van der Waals surface area contributed by atoms with Crippen LogP contribution in [0.4, 0.5) is 10.5 Å². The van der Waals surface area contributed by atoms with Crippen LogP contribution >= 0.6 is 50.9 Å². The van der Waals surface area contributed by atoms with Crippen LogP contribution in [0.5, 0.6) is 17.2 Å². The molecule has 1 aliphatic rings. The van der Waals surface area contributed by atoms with Gasteiger partial charge >= 0.3 is 0 Å². The van der Waals surface area contributed by atoms with Gasteiger partial charge in [0, 0.05) is 15.7 Å². The fraction of sp³-hybridized carbons (Fsp3) is 0.179. The highest BCUT2D eigenvalue weighted by Crippen LogP contribution is 2.39. The van der Waals surface area contributed by atoms with Crippen molar-refractivity contribution in [2.24, 2.45) is 0 Å². The van der Waals surface area contributed by atoms with E-state index in [0.717, 1.165) is 22.2 Å². The lowest BCUT2D eigenvalue weighted by atomic mass is 10.2. The minimum atomic E-state index is -0.419. The maximum Gasteiger partial charge on any atom is 0.293 e. The van der Waals surface area contributed by atoms with Gasteiger partial charge in [0.1, 0.15) is 12.4 Å². The average molecular weight is 666 g/mol. The molecule has 40 heavy (non-hydrogen) atoms. The first-order valence-electron chi connectivity index (χ1n) is 11.8. The summed E-state index contributed by atoms with van der Waals surface area (Å²) in [5, 5.41) is 3.47. The Hall–Kier alpha value is -3.18. The van der Waals surface area contributed by atoms with Crippen LogP contribution in [0.2, 0.25) is 10.0 Å². The van der Waals surface area contributed by atoms with Crippen molar-refractivity contribution in [2.45, 2.75) is 6.92 Å². The predicted molar refractivity (Wildman–Crippen MR) is 161 cm³/mol. The standard InChI is InChI=1S/C28H23BrCl2N2O6S/c1-16-3-6-19(14-22(16)31)32-25(34)15-39-26-21(29)11-17(12-23(26)37-2)13-24-27(35)33(28(36)40-24)9-10-38-20-7-4-18(30)5-8-20/h3-8,11-14H,9-10,15H2,1-2H3,(H,32,34)/b24-13-. The third-order valence-electron chi connectivity index (χ3n) is 5.62. The molecule has 12 heteroatoms. The predicted octanol–water partition coefficient (Wildman–Crippen LogP) is 7.21. The zero-order chi connectivity index (χ0) is 28.8. The minimum absolute atomic E-state index is 0.0985. The van der Waals surface area contributed by atoms with Crippen LogP contribution in [0, 0.1) is 6.92 Å². The number of amides is 3. The Bertz CT molecular complexity index is 1480. The molecule has 208 valence electrons. The summed E-state index contributed by atoms with van der Waals surface area (Å²) < 4.78 is 17.3. The second-order valence-corrected chi connectivity index (χ2v) is 11.2. The van der Waals surface area contributed by atoms with E-state index in [0.29, 0.717) is 43.0 Å². The molecule has 0 unspecified atom stereocenters. The first-order chi connectivity index (χ1) is 19.1. The Kier molecular flexibility index (Phi) is 10.0. The SMILES string of the molecule is COc1cc(/C=C2\SC(=O)N(CCOc3ccc(Cl)cc3)C2=O)cc(Br)c1OCC(=O)Nc1ccc(C)c(Cl)c1. The lowest BCUT2D eigenvalue weighted by molar-refractivity contribution is -0.123. The normalized spacial score (nSPS) is 14.0. The molecule has 4 rings (SSSR count). The van der Waals surface area contributed by atoms with E-state index in [2.05, 4.69) is 21.2 Å². The second-order valence-electron chi connectivity index (χ2n) is 8.47. The smallest absolute Gasteiger partial charge is 0.293 e. The van der Waals surface area contributed by atoms with E-state index in [4.69, 9.17) is 37.4 Å². The minimum Gasteiger partial charge on any atom is -0.493 e. The van der Waals surface area contributed by atoms with Gasteiger partial charge in [-0.05, 0) is 100 Å². The molecular formula is C28H23BrCl2N2O6S. The summed E-state index contributed by atoms with van der Waals surface area (Å²) in [4.78, 5) is 39.2. The van der Waals surface area contributed by atoms with E-state index in [1.807, 2.05) is 6.92 Å². The van der Waals surface area contributed by atoms with Crippen molar-refractivity contribution in [1.82, 2.24) is 4.90 Å². The van der Waals surface area contributed by atoms with Crippen molar-refractivity contribution in [3.8, 4) is 17.2 Å². The average Bonchev–Trinajstić information content (AvgIpc) is 3.18. The number of ether oxygens (including phenoxy) is 3. The number of methoxy groups -OCH3 is 1. The highest BCUT2D eigenvalue weighted by Gasteiger charge is 2.35. The number of thioether (sulfide) groups is 1. The Morgan fingerprint density at radius 1 is 1.07 bits per heavy atom. The lowest BCUT2D eigenvalue weighted by Gasteiger charge is -2.14. The van der Waals surface area contributed by atoms with Crippen LogP contribution in [0.15, 0.2) is 64.0 Å². The molecule has 0 aromatic heterocycles. The molecule has 0 aliphatic carbocycles. The monoisotopic (exact) mass is 664 g/mol. The molecule has 1 N–H and O–H groups in total. The number of rotatable bonds is 10. The second kappa shape index (κ2) is 13.5. The van der Waals surface area contributed by atoms with Gasteiger partial charge in [0.05, 0.1) is 23.0 Å². The Labute approximate surface area is 253 Å². The molecule has 1 heterocycles. The maximum atomic E-state index is 12.9. The number of nitrogens with zero attached hydrogens (tertiary/aromatic N) is 1. The molecule has 0 spiro atoms. The highest BCUT2D eigenvalue weighted by molar-refractivity contribution is 9.10. The number of carbonyl (C=O) groups excluding carboxylic acids is 3. The molecular weight excluding hydrogens is 643 g/mol. The Balaban J connectivity index is 1.39. The number of hydrogen-bond acceptors (Lipinski definition) is 7. The van der Waals surface area contributed by atoms with Gasteiger partial charge in [0.15, 0.2) is 18.1 Å². The third-order valence-corrected chi connectivity index (χ3v) is 7.78. The molecule has 0 radical (unpaired) electrons. The number of nitrogens with one attached hydrogen (secondary N) is 1. The summed E-state index contributed by atoms with van der Waals surface area (Å²) >= 11 is 16.3. The molecule has 0 saturated carbocycles. The van der Waals surface area contributed by atoms with Gasteiger partial charge in [-0.3, -0.25) is 19.3 Å². The van der Waals surface area contributed by atoms with Crippen molar-refractivity contribution in [3.05, 3.63) is 85.1 Å². The van der Waals surface area contributed by atoms with Crippen LogP contribution in [0.25, 0.3) is 6.08 Å². The number of benzene rings is 3. The number of carbonyl (C=O) groups is 3. The van der Waals surface area contributed by atoms with Crippen LogP contribution < -0.4 is 19.5 Å². The molecule has 1 saturated heterocycles. The van der Waals surface area contributed by atoms with Crippen LogP contribution in [0.3, 0.4) is 0 Å². The van der Waals surface area contributed by atoms with E-state index in [9.17, 15) is 14.4 Å². The maximum absolute atomic E-state index is 12.9. The van der Waals surface area contributed by atoms with Gasteiger partial charge in [-0.25, -0.2) is 0 Å². The van der Waals surface area contributed by atoms with Gasteiger partial charge in [0.2, 0.25) is 0 Å². The first kappa shape index (κ1) is 29.8. The summed E-state index contributed by atoms with van der Waals surface area (Å²) in [6, 6.07) is 15.4. The summed E-state index contributed by atoms with van der Waals surface area (Å²) in [5.74, 6) is 0.430. The number of anilines is 1. The first-order valence-corrected chi connectivity index (χ1v) is 14.2. The quantitative estimate of drug-likeness (QED) is 0.229. The molecule has 1 fully saturated rings. The fourth-order valence-electron chi connectivity index (χ4n) is 3.60. The topological polar surface area (TPSA) is 94.2 Å². The van der Waals surface area contributed by atoms with E-state index < -0.39 is 5.91 Å². The highest BCUT2D eigenvalue weighted by atomic mass is 79.9. The molecule has 1 aliphatic heterocycles. The van der Waals surface area contributed by atoms with Crippen LogP contribution in [-0.4, -0.2) is 48.8 Å². The zero-order valence-corrected chi connectivity index (χ0v) is 25.2. The zero-order valence-electron chi connectivity index (χ0n) is 21.3. The third kappa shape index (κ3) is 7.51. The van der Waals surface area contributed by atoms with Gasteiger partial charge in [0.25, 0.3) is 17.1 Å². The van der Waals surface area contributed by atoms with E-state index >= 15 is 0 Å². The number of hydrogen-bond donors (Lipinski definition) is 1. The van der Waals surface area contributed by atoms with Gasteiger partial charge in [-0.2, -0.15) is 0 Å². The van der Waals surface area contributed by atoms with Gasteiger partial charge < -0.3 is 19.5 Å². The number of halogens is 3. The van der Waals surface area contributed by atoms with Crippen LogP contribution in [0.1, 0.15) is 11.1 Å². The van der Waals surface area contributed by atoms with E-state index in [1.165, 1.54) is 7.11 Å². The van der Waals surface area contributed by atoms with Crippen molar-refractivity contribution >= 4 is 79.7 Å². The van der Waals surface area contributed by atoms with E-state index in [1.54, 1.807) is 60.7 Å². The summed E-state index contributed by atoms with van der Waals surface area (Å²) in [7, 11) is 1.46. The Morgan fingerprint density at radius 2 is 1.82 bits per heavy atom. The largest absolute Gasteiger partial charge is 0.493 e. The lowest BCUT2D eigenvalue weighted by Crippen LogP contribution is -2.32. The van der Waals surface area contributed by atoms with Crippen molar-refractivity contribution in [2.75, 3.05) is 32.2 Å². The van der Waals surface area contributed by atoms with Gasteiger partial charge in [-0.15, -0.1) is 0 Å². The van der Waals surface area contributed by atoms with Crippen LogP contribution in [-0.2, 0) is 9.59 Å². The summed E-state index contributed by atoms with van der Waals surface area (Å²) in [6.45, 7) is 1.83. The molecule has 0 bridgehead atoms. The molecule has 0 atom stereocenters. The number of imide groups is 1.